The van der Waals surface area contributed by atoms with Gasteiger partial charge in [0.15, 0.2) is 5.06 Å². The smallest absolute Gasteiger partial charge is 0.175 e. The Balaban J connectivity index is 1.94. The Morgan fingerprint density at radius 3 is 3.08 bits per heavy atom. The Labute approximate surface area is 84.1 Å². The van der Waals surface area contributed by atoms with Crippen LogP contribution in [0.25, 0.3) is 0 Å². The molecule has 2 rings (SSSR count). The highest BCUT2D eigenvalue weighted by atomic mass is 79.9. The predicted octanol–water partition coefficient (Wildman–Crippen LogP) is 2.25. The van der Waals surface area contributed by atoms with Crippen molar-refractivity contribution in [2.45, 2.75) is 12.5 Å². The molecule has 0 radical (unpaired) electrons. The van der Waals surface area contributed by atoms with Gasteiger partial charge in [0.05, 0.1) is 3.79 Å². The van der Waals surface area contributed by atoms with E-state index in [0.29, 0.717) is 6.10 Å². The molecule has 2 nitrogen and oxygen atoms in total. The molecule has 4 heteroatoms. The largest absolute Gasteiger partial charge is 0.479 e. The van der Waals surface area contributed by atoms with Gasteiger partial charge >= 0.3 is 0 Å². The molecule has 0 bridgehead atoms. The average molecular weight is 248 g/mol. The third-order valence-electron chi connectivity index (χ3n) is 1.85. The number of halogens is 1. The van der Waals surface area contributed by atoms with Crippen molar-refractivity contribution in [2.24, 2.45) is 0 Å². The van der Waals surface area contributed by atoms with E-state index in [1.807, 2.05) is 12.1 Å². The van der Waals surface area contributed by atoms with Crippen molar-refractivity contribution in [3.63, 3.8) is 0 Å². The lowest BCUT2D eigenvalue weighted by Gasteiger charge is -2.08. The van der Waals surface area contributed by atoms with Crippen molar-refractivity contribution in [1.29, 1.82) is 0 Å². The van der Waals surface area contributed by atoms with Crippen molar-refractivity contribution in [2.75, 3.05) is 13.1 Å². The van der Waals surface area contributed by atoms with E-state index < -0.39 is 0 Å². The monoisotopic (exact) mass is 247 g/mol. The van der Waals surface area contributed by atoms with Crippen LogP contribution in [0.2, 0.25) is 0 Å². The summed E-state index contributed by atoms with van der Waals surface area (Å²) in [7, 11) is 0. The van der Waals surface area contributed by atoms with E-state index in [9.17, 15) is 0 Å². The van der Waals surface area contributed by atoms with Gasteiger partial charge in [0.2, 0.25) is 0 Å². The van der Waals surface area contributed by atoms with Gasteiger partial charge in [-0.15, -0.1) is 0 Å². The van der Waals surface area contributed by atoms with Gasteiger partial charge in [-0.2, -0.15) is 0 Å². The molecule has 1 aromatic heterocycles. The van der Waals surface area contributed by atoms with Crippen LogP contribution >= 0.6 is 27.3 Å². The summed E-state index contributed by atoms with van der Waals surface area (Å²) in [5.74, 6) is 0. The number of hydrogen-bond donors (Lipinski definition) is 1. The Hall–Kier alpha value is -0.0600. The minimum Gasteiger partial charge on any atom is -0.479 e. The first kappa shape index (κ1) is 8.53. The molecule has 1 atom stereocenters. The zero-order valence-corrected chi connectivity index (χ0v) is 8.95. The molecule has 0 amide bonds. The zero-order chi connectivity index (χ0) is 8.39. The zero-order valence-electron chi connectivity index (χ0n) is 6.55. The van der Waals surface area contributed by atoms with Crippen LogP contribution in [-0.2, 0) is 0 Å². The lowest BCUT2D eigenvalue weighted by Crippen LogP contribution is -2.18. The fraction of sp³-hybridized carbons (Fsp3) is 0.500. The first-order valence-electron chi connectivity index (χ1n) is 3.97. The van der Waals surface area contributed by atoms with Crippen LogP contribution in [0.3, 0.4) is 0 Å². The van der Waals surface area contributed by atoms with Crippen molar-refractivity contribution in [3.8, 4) is 5.06 Å². The molecule has 0 aliphatic carbocycles. The molecule has 2 heterocycles. The maximum atomic E-state index is 5.72. The van der Waals surface area contributed by atoms with E-state index in [-0.39, 0.29) is 0 Å². The summed E-state index contributed by atoms with van der Waals surface area (Å²) in [4.78, 5) is 0. The Kier molecular flexibility index (Phi) is 2.68. The maximum Gasteiger partial charge on any atom is 0.175 e. The van der Waals surface area contributed by atoms with Crippen molar-refractivity contribution in [3.05, 3.63) is 15.9 Å². The van der Waals surface area contributed by atoms with Crippen LogP contribution in [0.5, 0.6) is 5.06 Å². The first-order chi connectivity index (χ1) is 5.84. The maximum absolute atomic E-state index is 5.72. The van der Waals surface area contributed by atoms with E-state index >= 15 is 0 Å². The van der Waals surface area contributed by atoms with E-state index in [1.165, 1.54) is 0 Å². The summed E-state index contributed by atoms with van der Waals surface area (Å²) in [5.41, 5.74) is 0. The third-order valence-corrected chi connectivity index (χ3v) is 3.36. The van der Waals surface area contributed by atoms with E-state index in [0.717, 1.165) is 28.4 Å². The van der Waals surface area contributed by atoms with E-state index in [2.05, 4.69) is 21.2 Å². The molecule has 1 aliphatic heterocycles. The molecule has 0 spiro atoms. The fourth-order valence-electron chi connectivity index (χ4n) is 1.25. The van der Waals surface area contributed by atoms with Gasteiger partial charge in [0.25, 0.3) is 0 Å². The molecule has 12 heavy (non-hydrogen) atoms. The topological polar surface area (TPSA) is 21.3 Å². The van der Waals surface area contributed by atoms with Crippen LogP contribution in [-0.4, -0.2) is 19.2 Å². The molecule has 0 saturated carbocycles. The molecule has 1 saturated heterocycles. The fourth-order valence-corrected chi connectivity index (χ4v) is 2.51. The summed E-state index contributed by atoms with van der Waals surface area (Å²) < 4.78 is 6.85. The highest BCUT2D eigenvalue weighted by molar-refractivity contribution is 9.11. The highest BCUT2D eigenvalue weighted by Crippen LogP contribution is 2.29. The van der Waals surface area contributed by atoms with Gasteiger partial charge in [-0.3, -0.25) is 0 Å². The van der Waals surface area contributed by atoms with Gasteiger partial charge in [0.1, 0.15) is 6.10 Å². The van der Waals surface area contributed by atoms with Gasteiger partial charge in [-0.25, -0.2) is 0 Å². The molecule has 0 aromatic carbocycles. The number of thiophene rings is 1. The van der Waals surface area contributed by atoms with Gasteiger partial charge in [0, 0.05) is 6.54 Å². The van der Waals surface area contributed by atoms with Gasteiger partial charge < -0.3 is 10.1 Å². The summed E-state index contributed by atoms with van der Waals surface area (Å²) in [6, 6.07) is 4.02. The molecule has 1 fully saturated rings. The Morgan fingerprint density at radius 1 is 1.58 bits per heavy atom. The number of hydrogen-bond acceptors (Lipinski definition) is 3. The second-order valence-corrected chi connectivity index (χ2v) is 5.22. The first-order valence-corrected chi connectivity index (χ1v) is 5.58. The average Bonchev–Trinajstić information content (AvgIpc) is 2.63. The Bertz CT molecular complexity index is 257. The summed E-state index contributed by atoms with van der Waals surface area (Å²) in [5, 5.41) is 4.28. The van der Waals surface area contributed by atoms with Gasteiger partial charge in [-0.05, 0) is 41.0 Å². The molecule has 1 aliphatic rings. The van der Waals surface area contributed by atoms with Crippen LogP contribution in [0.4, 0.5) is 0 Å². The summed E-state index contributed by atoms with van der Waals surface area (Å²) in [6.45, 7) is 2.06. The van der Waals surface area contributed by atoms with Crippen LogP contribution in [0.1, 0.15) is 6.42 Å². The normalized spacial score (nSPS) is 22.9. The molecule has 1 unspecified atom stereocenters. The molecule has 66 valence electrons. The second-order valence-electron chi connectivity index (χ2n) is 2.79. The molecule has 1 N–H and O–H groups in total. The SMILES string of the molecule is Brc1ccc(OC2CCNC2)s1. The van der Waals surface area contributed by atoms with Crippen molar-refractivity contribution >= 4 is 27.3 Å². The van der Waals surface area contributed by atoms with Crippen molar-refractivity contribution in [1.82, 2.24) is 5.32 Å². The molecular formula is C8H10BrNOS. The van der Waals surface area contributed by atoms with Crippen LogP contribution in [0.15, 0.2) is 15.9 Å². The third kappa shape index (κ3) is 2.00. The number of nitrogens with one attached hydrogen (secondary N) is 1. The number of rotatable bonds is 2. The lowest BCUT2D eigenvalue weighted by atomic mass is 10.3. The molecule has 1 aromatic rings. The summed E-state index contributed by atoms with van der Waals surface area (Å²) >= 11 is 5.05. The minimum absolute atomic E-state index is 0.371. The lowest BCUT2D eigenvalue weighted by molar-refractivity contribution is 0.230. The number of ether oxygens (including phenoxy) is 1. The van der Waals surface area contributed by atoms with E-state index in [1.54, 1.807) is 11.3 Å². The highest BCUT2D eigenvalue weighted by Gasteiger charge is 2.16. The molecular weight excluding hydrogens is 238 g/mol. The minimum atomic E-state index is 0.371. The quantitative estimate of drug-likeness (QED) is 0.866. The van der Waals surface area contributed by atoms with Crippen LogP contribution < -0.4 is 10.1 Å². The van der Waals surface area contributed by atoms with Gasteiger partial charge in [-0.1, -0.05) is 11.3 Å². The summed E-state index contributed by atoms with van der Waals surface area (Å²) in [6.07, 6.45) is 1.49. The van der Waals surface area contributed by atoms with Crippen molar-refractivity contribution < 1.29 is 4.74 Å². The van der Waals surface area contributed by atoms with Crippen LogP contribution in [0, 0.1) is 0 Å². The standard InChI is InChI=1S/C8H10BrNOS/c9-7-1-2-8(12-7)11-6-3-4-10-5-6/h1-2,6,10H,3-5H2. The predicted molar refractivity (Wildman–Crippen MR) is 53.9 cm³/mol. The Morgan fingerprint density at radius 2 is 2.50 bits per heavy atom. The second kappa shape index (κ2) is 3.77. The van der Waals surface area contributed by atoms with E-state index in [4.69, 9.17) is 4.74 Å².